The van der Waals surface area contributed by atoms with Crippen molar-refractivity contribution in [2.75, 3.05) is 13.1 Å². The molecule has 2 heterocycles. The maximum Gasteiger partial charge on any atom is 0.410 e. The van der Waals surface area contributed by atoms with E-state index in [0.29, 0.717) is 54.3 Å². The van der Waals surface area contributed by atoms with Crippen molar-refractivity contribution in [1.82, 2.24) is 10.2 Å². The van der Waals surface area contributed by atoms with Gasteiger partial charge in [0, 0.05) is 30.1 Å². The van der Waals surface area contributed by atoms with Crippen LogP contribution in [0.2, 0.25) is 0 Å². The van der Waals surface area contributed by atoms with Gasteiger partial charge in [-0.15, -0.1) is 0 Å². The normalized spacial score (nSPS) is 16.8. The third kappa shape index (κ3) is 5.94. The molecule has 1 aromatic heterocycles. The molecule has 35 heavy (non-hydrogen) atoms. The monoisotopic (exact) mass is 477 g/mol. The number of rotatable bonds is 6. The fourth-order valence-corrected chi connectivity index (χ4v) is 4.19. The molecule has 0 saturated carbocycles. The van der Waals surface area contributed by atoms with Gasteiger partial charge in [0.15, 0.2) is 0 Å². The van der Waals surface area contributed by atoms with Crippen molar-refractivity contribution in [3.63, 3.8) is 0 Å². The van der Waals surface area contributed by atoms with Gasteiger partial charge in [0.2, 0.25) is 0 Å². The molecule has 8 nitrogen and oxygen atoms in total. The molecule has 1 saturated heterocycles. The van der Waals surface area contributed by atoms with Crippen molar-refractivity contribution in [3.8, 4) is 11.8 Å². The number of nitrogens with zero attached hydrogens (tertiary/aromatic N) is 2. The van der Waals surface area contributed by atoms with E-state index in [1.807, 2.05) is 58.0 Å². The molecular weight excluding hydrogens is 446 g/mol. The van der Waals surface area contributed by atoms with Gasteiger partial charge < -0.3 is 23.9 Å². The summed E-state index contributed by atoms with van der Waals surface area (Å²) in [4.78, 5) is 14.0. The van der Waals surface area contributed by atoms with Crippen molar-refractivity contribution in [2.24, 2.45) is 0 Å². The number of nitrogens with one attached hydrogen (secondary N) is 1. The van der Waals surface area contributed by atoms with Crippen LogP contribution in [-0.4, -0.2) is 40.8 Å². The van der Waals surface area contributed by atoms with Crippen LogP contribution < -0.4 is 10.1 Å². The maximum atomic E-state index is 12.4. The molecule has 1 aliphatic heterocycles. The Hall–Kier alpha value is -3.54. The lowest BCUT2D eigenvalue weighted by molar-refractivity contribution is 0.0284. The van der Waals surface area contributed by atoms with E-state index in [0.717, 1.165) is 10.9 Å². The highest BCUT2D eigenvalue weighted by Crippen LogP contribution is 2.33. The van der Waals surface area contributed by atoms with E-state index < -0.39 is 11.8 Å². The summed E-state index contributed by atoms with van der Waals surface area (Å²) in [6.07, 6.45) is -0.594. The Morgan fingerprint density at radius 3 is 2.71 bits per heavy atom. The third-order valence-corrected chi connectivity index (χ3v) is 5.88. The Labute approximate surface area is 205 Å². The van der Waals surface area contributed by atoms with Crippen molar-refractivity contribution >= 4 is 17.1 Å². The predicted molar refractivity (Wildman–Crippen MR) is 131 cm³/mol. The first-order chi connectivity index (χ1) is 16.6. The number of carbonyl (C=O) groups is 1. The summed E-state index contributed by atoms with van der Waals surface area (Å²) in [5, 5.41) is 24.0. The van der Waals surface area contributed by atoms with Crippen LogP contribution in [0.1, 0.15) is 55.9 Å². The van der Waals surface area contributed by atoms with Crippen LogP contribution in [0.5, 0.6) is 5.75 Å². The smallest absolute Gasteiger partial charge is 0.410 e. The highest BCUT2D eigenvalue weighted by molar-refractivity contribution is 5.84. The molecular formula is C27H31N3O5. The van der Waals surface area contributed by atoms with E-state index >= 15 is 0 Å². The van der Waals surface area contributed by atoms with E-state index in [1.165, 1.54) is 0 Å². The highest BCUT2D eigenvalue weighted by atomic mass is 16.6. The highest BCUT2D eigenvalue weighted by Gasteiger charge is 2.31. The number of nitriles is 1. The molecule has 0 bridgehead atoms. The number of carbonyl (C=O) groups excluding carboxylic acids is 1. The Morgan fingerprint density at radius 2 is 2.03 bits per heavy atom. The number of likely N-dealkylation sites (tertiary alicyclic amines) is 1. The number of hydrogen-bond acceptors (Lipinski definition) is 7. The number of amides is 1. The number of aliphatic hydroxyl groups is 1. The first kappa shape index (κ1) is 24.6. The van der Waals surface area contributed by atoms with Gasteiger partial charge in [-0.1, -0.05) is 12.1 Å². The molecule has 1 amide bonds. The van der Waals surface area contributed by atoms with E-state index in [1.54, 1.807) is 17.0 Å². The standard InChI is InChI=1S/C27H31N3O5/c1-17-24(25(31)29-20-11-12-30(15-20)26(32)35-27(2,3)4)22-13-21(9-10-23(22)34-17)33-16-19-7-5-18(14-28)6-8-19/h5-10,13,20,25,29,31H,11-12,15-16H2,1-4H3. The van der Waals surface area contributed by atoms with Gasteiger partial charge in [-0.3, -0.25) is 5.32 Å². The number of ether oxygens (including phenoxy) is 2. The lowest BCUT2D eigenvalue weighted by Crippen LogP contribution is -2.39. The quantitative estimate of drug-likeness (QED) is 0.492. The lowest BCUT2D eigenvalue weighted by Gasteiger charge is -2.25. The summed E-state index contributed by atoms with van der Waals surface area (Å²) in [5.41, 5.74) is 2.32. The van der Waals surface area contributed by atoms with Gasteiger partial charge in [0.25, 0.3) is 0 Å². The zero-order chi connectivity index (χ0) is 25.2. The summed E-state index contributed by atoms with van der Waals surface area (Å²) < 4.78 is 17.3. The molecule has 2 unspecified atom stereocenters. The molecule has 4 rings (SSSR count). The van der Waals surface area contributed by atoms with Gasteiger partial charge in [0.1, 0.15) is 35.5 Å². The molecule has 0 aliphatic carbocycles. The molecule has 3 aromatic rings. The predicted octanol–water partition coefficient (Wildman–Crippen LogP) is 4.78. The Bertz CT molecular complexity index is 1240. The van der Waals surface area contributed by atoms with Gasteiger partial charge in [0.05, 0.1) is 11.6 Å². The van der Waals surface area contributed by atoms with E-state index in [9.17, 15) is 9.90 Å². The lowest BCUT2D eigenvalue weighted by atomic mass is 10.1. The van der Waals surface area contributed by atoms with E-state index in [2.05, 4.69) is 11.4 Å². The minimum absolute atomic E-state index is 0.0716. The van der Waals surface area contributed by atoms with Crippen LogP contribution >= 0.6 is 0 Å². The SMILES string of the molecule is Cc1oc2ccc(OCc3ccc(C#N)cc3)cc2c1C(O)NC1CCN(C(=O)OC(C)(C)C)C1. The number of benzene rings is 2. The van der Waals surface area contributed by atoms with Crippen LogP contribution in [0.3, 0.4) is 0 Å². The van der Waals surface area contributed by atoms with Crippen LogP contribution in [0, 0.1) is 18.3 Å². The zero-order valence-electron chi connectivity index (χ0n) is 20.5. The van der Waals surface area contributed by atoms with Gasteiger partial charge in [-0.25, -0.2) is 4.79 Å². The number of aryl methyl sites for hydroxylation is 1. The molecule has 1 fully saturated rings. The number of furan rings is 1. The molecule has 0 radical (unpaired) electrons. The molecule has 2 N–H and O–H groups in total. The molecule has 1 aliphatic rings. The minimum Gasteiger partial charge on any atom is -0.489 e. The Kier molecular flexibility index (Phi) is 7.01. The largest absolute Gasteiger partial charge is 0.489 e. The summed E-state index contributed by atoms with van der Waals surface area (Å²) in [7, 11) is 0. The van der Waals surface area contributed by atoms with Crippen molar-refractivity contribution in [3.05, 3.63) is 64.9 Å². The van der Waals surface area contributed by atoms with Crippen molar-refractivity contribution < 1.29 is 23.8 Å². The summed E-state index contributed by atoms with van der Waals surface area (Å²) in [6, 6.07) is 14.8. The second-order valence-corrected chi connectivity index (χ2v) is 9.81. The van der Waals surface area contributed by atoms with Gasteiger partial charge >= 0.3 is 6.09 Å². The second-order valence-electron chi connectivity index (χ2n) is 9.81. The molecule has 2 aromatic carbocycles. The van der Waals surface area contributed by atoms with Gasteiger partial charge in [-0.05, 0) is 70.0 Å². The first-order valence-electron chi connectivity index (χ1n) is 11.7. The number of hydrogen-bond donors (Lipinski definition) is 2. The number of fused-ring (bicyclic) bond motifs is 1. The van der Waals surface area contributed by atoms with E-state index in [-0.39, 0.29) is 12.1 Å². The van der Waals surface area contributed by atoms with Crippen molar-refractivity contribution in [2.45, 2.75) is 58.6 Å². The molecule has 184 valence electrons. The molecule has 8 heteroatoms. The van der Waals surface area contributed by atoms with Crippen LogP contribution in [0.25, 0.3) is 11.0 Å². The van der Waals surface area contributed by atoms with Crippen LogP contribution in [0.15, 0.2) is 46.9 Å². The summed E-state index contributed by atoms with van der Waals surface area (Å²) >= 11 is 0. The Balaban J connectivity index is 1.43. The molecule has 0 spiro atoms. The Morgan fingerprint density at radius 1 is 1.29 bits per heavy atom. The van der Waals surface area contributed by atoms with Gasteiger partial charge in [-0.2, -0.15) is 5.26 Å². The average Bonchev–Trinajstić information content (AvgIpc) is 3.40. The summed E-state index contributed by atoms with van der Waals surface area (Å²) in [5.74, 6) is 1.26. The van der Waals surface area contributed by atoms with E-state index in [4.69, 9.17) is 19.2 Å². The number of aliphatic hydroxyl groups excluding tert-OH is 1. The summed E-state index contributed by atoms with van der Waals surface area (Å²) in [6.45, 7) is 8.73. The topological polar surface area (TPSA) is 108 Å². The average molecular weight is 478 g/mol. The fourth-order valence-electron chi connectivity index (χ4n) is 4.19. The minimum atomic E-state index is -0.964. The fraction of sp³-hybridized carbons (Fsp3) is 0.407. The van der Waals surface area contributed by atoms with Crippen molar-refractivity contribution in [1.29, 1.82) is 5.26 Å². The third-order valence-electron chi connectivity index (χ3n) is 5.88. The molecule has 2 atom stereocenters. The van der Waals surface area contributed by atoms with Crippen LogP contribution in [-0.2, 0) is 11.3 Å². The van der Waals surface area contributed by atoms with Crippen LogP contribution in [0.4, 0.5) is 4.79 Å². The second kappa shape index (κ2) is 9.98. The maximum absolute atomic E-state index is 12.4. The first-order valence-corrected chi connectivity index (χ1v) is 11.7. The zero-order valence-corrected chi connectivity index (χ0v) is 20.5.